The van der Waals surface area contributed by atoms with Gasteiger partial charge in [0, 0.05) is 36.2 Å². The van der Waals surface area contributed by atoms with Gasteiger partial charge in [0.15, 0.2) is 0 Å². The van der Waals surface area contributed by atoms with Gasteiger partial charge in [0.2, 0.25) is 15.9 Å². The molecular weight excluding hydrogens is 489 g/mol. The van der Waals surface area contributed by atoms with Crippen molar-refractivity contribution in [3.05, 3.63) is 58.6 Å². The Kier molecular flexibility index (Phi) is 7.37. The number of hydrogen-bond acceptors (Lipinski definition) is 6. The average molecular weight is 512 g/mol. The SMILES string of the molecule is O=C1CC(N(CCN2CCOCC2)S(=O)(=O)c2ccc(Cl)cc2)C(=O)N1c1ccc(Cl)cc1. The molecular formula is C22H23Cl2N3O5S. The van der Waals surface area contributed by atoms with Crippen molar-refractivity contribution in [3.63, 3.8) is 0 Å². The minimum absolute atomic E-state index is 0.0130. The normalized spacial score (nSPS) is 20.1. The molecule has 2 aromatic rings. The molecule has 2 aliphatic heterocycles. The van der Waals surface area contributed by atoms with Crippen LogP contribution in [0.3, 0.4) is 0 Å². The predicted molar refractivity (Wildman–Crippen MR) is 125 cm³/mol. The Morgan fingerprint density at radius 3 is 2.12 bits per heavy atom. The second-order valence-corrected chi connectivity index (χ2v) is 10.6. The van der Waals surface area contributed by atoms with Gasteiger partial charge in [0.1, 0.15) is 6.04 Å². The maximum atomic E-state index is 13.6. The molecule has 2 aliphatic rings. The van der Waals surface area contributed by atoms with Crippen molar-refractivity contribution < 1.29 is 22.7 Å². The van der Waals surface area contributed by atoms with Gasteiger partial charge in [0.05, 0.1) is 30.2 Å². The van der Waals surface area contributed by atoms with Crippen LogP contribution in [0.4, 0.5) is 5.69 Å². The highest BCUT2D eigenvalue weighted by atomic mass is 35.5. The molecule has 0 aliphatic carbocycles. The molecule has 0 aromatic heterocycles. The zero-order valence-electron chi connectivity index (χ0n) is 17.7. The summed E-state index contributed by atoms with van der Waals surface area (Å²) in [6.45, 7) is 2.94. The topological polar surface area (TPSA) is 87.2 Å². The highest BCUT2D eigenvalue weighted by molar-refractivity contribution is 7.89. The highest BCUT2D eigenvalue weighted by Gasteiger charge is 2.47. The molecule has 176 valence electrons. The molecule has 0 spiro atoms. The van der Waals surface area contributed by atoms with Crippen molar-refractivity contribution in [1.29, 1.82) is 0 Å². The van der Waals surface area contributed by atoms with Gasteiger partial charge in [-0.3, -0.25) is 14.5 Å². The fraction of sp³-hybridized carbons (Fsp3) is 0.364. The maximum Gasteiger partial charge on any atom is 0.252 e. The van der Waals surface area contributed by atoms with E-state index in [4.69, 9.17) is 27.9 Å². The standard InChI is InChI=1S/C22H23Cl2N3O5S/c23-16-1-5-18(6-2-16)27-21(28)15-20(22(27)29)26(10-9-25-11-13-32-14-12-25)33(30,31)19-7-3-17(24)4-8-19/h1-8,20H,9-15H2. The number of anilines is 1. The van der Waals surface area contributed by atoms with E-state index in [0.717, 1.165) is 9.21 Å². The maximum absolute atomic E-state index is 13.6. The fourth-order valence-corrected chi connectivity index (χ4v) is 5.78. The zero-order valence-corrected chi connectivity index (χ0v) is 20.0. The summed E-state index contributed by atoms with van der Waals surface area (Å²) in [5, 5.41) is 0.863. The van der Waals surface area contributed by atoms with Crippen molar-refractivity contribution in [2.75, 3.05) is 44.3 Å². The number of sulfonamides is 1. The summed E-state index contributed by atoms with van der Waals surface area (Å²) in [7, 11) is -4.07. The summed E-state index contributed by atoms with van der Waals surface area (Å²) in [6.07, 6.45) is -0.239. The molecule has 0 N–H and O–H groups in total. The van der Waals surface area contributed by atoms with Crippen LogP contribution >= 0.6 is 23.2 Å². The monoisotopic (exact) mass is 511 g/mol. The summed E-state index contributed by atoms with van der Waals surface area (Å²) in [5.41, 5.74) is 0.355. The molecule has 2 fully saturated rings. The summed E-state index contributed by atoms with van der Waals surface area (Å²) < 4.78 is 33.7. The van der Waals surface area contributed by atoms with Crippen molar-refractivity contribution >= 4 is 50.7 Å². The van der Waals surface area contributed by atoms with Gasteiger partial charge in [0.25, 0.3) is 5.91 Å². The number of imide groups is 1. The zero-order chi connectivity index (χ0) is 23.6. The van der Waals surface area contributed by atoms with Crippen LogP contribution in [-0.2, 0) is 24.3 Å². The van der Waals surface area contributed by atoms with Gasteiger partial charge in [-0.1, -0.05) is 23.2 Å². The molecule has 11 heteroatoms. The summed E-state index contributed by atoms with van der Waals surface area (Å²) in [4.78, 5) is 29.3. The minimum Gasteiger partial charge on any atom is -0.379 e. The van der Waals surface area contributed by atoms with Crippen LogP contribution in [-0.4, -0.2) is 74.9 Å². The Labute approximate surface area is 202 Å². The fourth-order valence-electron chi connectivity index (χ4n) is 3.95. The Morgan fingerprint density at radius 1 is 0.939 bits per heavy atom. The number of benzene rings is 2. The van der Waals surface area contributed by atoms with Crippen LogP contribution < -0.4 is 4.90 Å². The number of morpholine rings is 1. The first-order chi connectivity index (χ1) is 15.8. The lowest BCUT2D eigenvalue weighted by Gasteiger charge is -2.31. The molecule has 0 saturated carbocycles. The van der Waals surface area contributed by atoms with Gasteiger partial charge in [-0.2, -0.15) is 4.31 Å². The average Bonchev–Trinajstić information content (AvgIpc) is 3.09. The molecule has 33 heavy (non-hydrogen) atoms. The summed E-state index contributed by atoms with van der Waals surface area (Å²) in [5.74, 6) is -1.04. The minimum atomic E-state index is -4.07. The van der Waals surface area contributed by atoms with Crippen LogP contribution in [0.2, 0.25) is 10.0 Å². The highest BCUT2D eigenvalue weighted by Crippen LogP contribution is 2.30. The van der Waals surface area contributed by atoms with E-state index in [1.165, 1.54) is 24.3 Å². The number of carbonyl (C=O) groups is 2. The molecule has 8 nitrogen and oxygen atoms in total. The molecule has 1 unspecified atom stereocenters. The molecule has 2 aromatic carbocycles. The molecule has 4 rings (SSSR count). The van der Waals surface area contributed by atoms with E-state index in [2.05, 4.69) is 4.90 Å². The van der Waals surface area contributed by atoms with E-state index >= 15 is 0 Å². The molecule has 1 atom stereocenters. The third-order valence-corrected chi connectivity index (χ3v) is 8.14. The largest absolute Gasteiger partial charge is 0.379 e. The number of nitrogens with zero attached hydrogens (tertiary/aromatic N) is 3. The lowest BCUT2D eigenvalue weighted by Crippen LogP contribution is -2.49. The molecule has 2 amide bonds. The van der Waals surface area contributed by atoms with Crippen molar-refractivity contribution in [2.45, 2.75) is 17.4 Å². The van der Waals surface area contributed by atoms with Crippen molar-refractivity contribution in [2.24, 2.45) is 0 Å². The van der Waals surface area contributed by atoms with Gasteiger partial charge in [-0.05, 0) is 48.5 Å². The molecule has 2 saturated heterocycles. The predicted octanol–water partition coefficient (Wildman–Crippen LogP) is 2.65. The van der Waals surface area contributed by atoms with Crippen LogP contribution in [0.15, 0.2) is 53.4 Å². The van der Waals surface area contributed by atoms with Gasteiger partial charge >= 0.3 is 0 Å². The number of halogens is 2. The number of rotatable bonds is 7. The van der Waals surface area contributed by atoms with Gasteiger partial charge < -0.3 is 4.74 Å². The Hall–Kier alpha value is -2.01. The number of ether oxygens (including phenoxy) is 1. The second-order valence-electron chi connectivity index (χ2n) is 7.79. The van der Waals surface area contributed by atoms with E-state index in [-0.39, 0.29) is 17.9 Å². The van der Waals surface area contributed by atoms with Crippen LogP contribution in [0.1, 0.15) is 6.42 Å². The number of hydrogen-bond donors (Lipinski definition) is 0. The van der Waals surface area contributed by atoms with Crippen molar-refractivity contribution in [1.82, 2.24) is 9.21 Å². The summed E-state index contributed by atoms with van der Waals surface area (Å²) in [6, 6.07) is 10.9. The van der Waals surface area contributed by atoms with E-state index in [0.29, 0.717) is 48.6 Å². The molecule has 0 bridgehead atoms. The van der Waals surface area contributed by atoms with Gasteiger partial charge in [-0.25, -0.2) is 13.3 Å². The third-order valence-electron chi connectivity index (χ3n) is 5.72. The van der Waals surface area contributed by atoms with Crippen LogP contribution in [0, 0.1) is 0 Å². The first-order valence-electron chi connectivity index (χ1n) is 10.5. The Balaban J connectivity index is 1.64. The first-order valence-corrected chi connectivity index (χ1v) is 12.7. The van der Waals surface area contributed by atoms with E-state index in [1.54, 1.807) is 24.3 Å². The second kappa shape index (κ2) is 10.1. The molecule has 0 radical (unpaired) electrons. The van der Waals surface area contributed by atoms with Gasteiger partial charge in [-0.15, -0.1) is 0 Å². The lowest BCUT2D eigenvalue weighted by atomic mass is 10.2. The van der Waals surface area contributed by atoms with Crippen molar-refractivity contribution in [3.8, 4) is 0 Å². The van der Waals surface area contributed by atoms with E-state index in [9.17, 15) is 18.0 Å². The van der Waals surface area contributed by atoms with Crippen LogP contribution in [0.5, 0.6) is 0 Å². The quantitative estimate of drug-likeness (QED) is 0.531. The number of amides is 2. The Morgan fingerprint density at radius 2 is 1.52 bits per heavy atom. The Bertz CT molecular complexity index is 1120. The molecule has 2 heterocycles. The van der Waals surface area contributed by atoms with Crippen LogP contribution in [0.25, 0.3) is 0 Å². The van der Waals surface area contributed by atoms with E-state index in [1.807, 2.05) is 0 Å². The summed E-state index contributed by atoms with van der Waals surface area (Å²) >= 11 is 11.9. The third kappa shape index (κ3) is 5.24. The smallest absolute Gasteiger partial charge is 0.252 e. The first kappa shape index (κ1) is 24.1. The number of carbonyl (C=O) groups excluding carboxylic acids is 2. The van der Waals surface area contributed by atoms with E-state index < -0.39 is 27.9 Å². The lowest BCUT2D eigenvalue weighted by molar-refractivity contribution is -0.122.